The third-order valence-corrected chi connectivity index (χ3v) is 5.39. The lowest BCUT2D eigenvalue weighted by Gasteiger charge is -2.22. The highest BCUT2D eigenvalue weighted by molar-refractivity contribution is 5.94. The molecule has 27 heavy (non-hydrogen) atoms. The normalized spacial score (nSPS) is 19.3. The van der Waals surface area contributed by atoms with Crippen LogP contribution in [0.3, 0.4) is 0 Å². The van der Waals surface area contributed by atoms with Crippen molar-refractivity contribution in [1.29, 1.82) is 0 Å². The Morgan fingerprint density at radius 1 is 1.15 bits per heavy atom. The fraction of sp³-hybridized carbons (Fsp3) is 0.455. The molecule has 1 aliphatic heterocycles. The van der Waals surface area contributed by atoms with Crippen molar-refractivity contribution >= 4 is 5.91 Å². The molecule has 0 radical (unpaired) electrons. The van der Waals surface area contributed by atoms with Crippen molar-refractivity contribution in [2.24, 2.45) is 0 Å². The fourth-order valence-electron chi connectivity index (χ4n) is 4.04. The number of benzene rings is 1. The molecule has 2 aromatic rings. The van der Waals surface area contributed by atoms with E-state index in [2.05, 4.69) is 27.3 Å². The molecule has 1 aromatic heterocycles. The van der Waals surface area contributed by atoms with Crippen molar-refractivity contribution in [3.8, 4) is 11.6 Å². The summed E-state index contributed by atoms with van der Waals surface area (Å²) >= 11 is 0. The summed E-state index contributed by atoms with van der Waals surface area (Å²) < 4.78 is 5.92. The number of nitrogens with one attached hydrogen (secondary N) is 1. The molecule has 1 saturated heterocycles. The van der Waals surface area contributed by atoms with Gasteiger partial charge in [-0.2, -0.15) is 0 Å². The van der Waals surface area contributed by atoms with Crippen molar-refractivity contribution in [3.05, 3.63) is 53.2 Å². The lowest BCUT2D eigenvalue weighted by atomic mass is 10.1. The number of pyridine rings is 1. The number of carbonyl (C=O) groups excluding carboxylic acids is 1. The van der Waals surface area contributed by atoms with E-state index in [4.69, 9.17) is 4.74 Å². The van der Waals surface area contributed by atoms with E-state index >= 15 is 0 Å². The van der Waals surface area contributed by atoms with E-state index in [9.17, 15) is 4.79 Å². The van der Waals surface area contributed by atoms with Crippen LogP contribution in [0.4, 0.5) is 0 Å². The molecular formula is C22H27N3O2. The summed E-state index contributed by atoms with van der Waals surface area (Å²) in [6.45, 7) is 6.35. The number of hydrogen-bond acceptors (Lipinski definition) is 4. The summed E-state index contributed by atoms with van der Waals surface area (Å²) in [5, 5.41) is 2.86. The molecule has 5 heteroatoms. The van der Waals surface area contributed by atoms with Gasteiger partial charge < -0.3 is 10.1 Å². The van der Waals surface area contributed by atoms with E-state index in [1.54, 1.807) is 18.3 Å². The predicted octanol–water partition coefficient (Wildman–Crippen LogP) is 3.58. The predicted molar refractivity (Wildman–Crippen MR) is 105 cm³/mol. The van der Waals surface area contributed by atoms with E-state index in [-0.39, 0.29) is 11.9 Å². The van der Waals surface area contributed by atoms with Crippen LogP contribution in [-0.2, 0) is 12.8 Å². The minimum atomic E-state index is -0.116. The number of rotatable bonds is 5. The standard InChI is InChI=1S/C22H27N3O2/c1-15(2)24-22(26)17-6-8-21(23-14-17)27-20-7-5-16-11-19(12-18(16)13-20)25-9-3-4-10-25/h5-8,13-15,19H,3-4,9-12H2,1-2H3,(H,24,26). The summed E-state index contributed by atoms with van der Waals surface area (Å²) in [4.78, 5) is 18.9. The highest BCUT2D eigenvalue weighted by atomic mass is 16.5. The van der Waals surface area contributed by atoms with Gasteiger partial charge in [-0.15, -0.1) is 0 Å². The maximum atomic E-state index is 12.0. The summed E-state index contributed by atoms with van der Waals surface area (Å²) in [7, 11) is 0. The van der Waals surface area contributed by atoms with E-state index in [0.29, 0.717) is 17.5 Å². The second-order valence-electron chi connectivity index (χ2n) is 7.85. The SMILES string of the molecule is CC(C)NC(=O)c1ccc(Oc2ccc3c(c2)CC(N2CCCC2)C3)nc1. The van der Waals surface area contributed by atoms with E-state index in [0.717, 1.165) is 18.6 Å². The first-order chi connectivity index (χ1) is 13.1. The summed E-state index contributed by atoms with van der Waals surface area (Å²) in [6, 6.07) is 10.6. The van der Waals surface area contributed by atoms with Crippen LogP contribution in [0.1, 0.15) is 48.2 Å². The van der Waals surface area contributed by atoms with Gasteiger partial charge in [0.05, 0.1) is 5.56 Å². The van der Waals surface area contributed by atoms with Crippen molar-refractivity contribution in [1.82, 2.24) is 15.2 Å². The largest absolute Gasteiger partial charge is 0.439 e. The first kappa shape index (κ1) is 18.0. The van der Waals surface area contributed by atoms with Crippen LogP contribution >= 0.6 is 0 Å². The van der Waals surface area contributed by atoms with Gasteiger partial charge in [0.25, 0.3) is 5.91 Å². The highest BCUT2D eigenvalue weighted by Gasteiger charge is 2.28. The molecule has 1 unspecified atom stereocenters. The number of nitrogens with zero attached hydrogens (tertiary/aromatic N) is 2. The van der Waals surface area contributed by atoms with Gasteiger partial charge in [-0.1, -0.05) is 6.07 Å². The Bertz CT molecular complexity index is 811. The molecule has 1 atom stereocenters. The molecule has 1 fully saturated rings. The number of likely N-dealkylation sites (tertiary alicyclic amines) is 1. The fourth-order valence-corrected chi connectivity index (χ4v) is 4.04. The molecule has 2 aliphatic rings. The molecule has 1 amide bonds. The molecule has 0 saturated carbocycles. The zero-order valence-electron chi connectivity index (χ0n) is 16.1. The van der Waals surface area contributed by atoms with Gasteiger partial charge >= 0.3 is 0 Å². The topological polar surface area (TPSA) is 54.5 Å². The second kappa shape index (κ2) is 7.69. The number of aromatic nitrogens is 1. The quantitative estimate of drug-likeness (QED) is 0.880. The lowest BCUT2D eigenvalue weighted by molar-refractivity contribution is 0.0942. The molecular weight excluding hydrogens is 338 g/mol. The molecule has 1 aromatic carbocycles. The smallest absolute Gasteiger partial charge is 0.253 e. The van der Waals surface area contributed by atoms with Crippen LogP contribution < -0.4 is 10.1 Å². The Labute approximate surface area is 160 Å². The van der Waals surface area contributed by atoms with Crippen LogP contribution in [0, 0.1) is 0 Å². The Hall–Kier alpha value is -2.40. The van der Waals surface area contributed by atoms with E-state index in [1.165, 1.54) is 37.1 Å². The minimum Gasteiger partial charge on any atom is -0.439 e. The summed E-state index contributed by atoms with van der Waals surface area (Å²) in [5.74, 6) is 1.20. The maximum Gasteiger partial charge on any atom is 0.253 e. The van der Waals surface area contributed by atoms with Gasteiger partial charge in [0, 0.05) is 24.3 Å². The molecule has 0 spiro atoms. The van der Waals surface area contributed by atoms with Crippen molar-refractivity contribution in [2.75, 3.05) is 13.1 Å². The monoisotopic (exact) mass is 365 g/mol. The zero-order valence-corrected chi connectivity index (χ0v) is 16.1. The molecule has 2 heterocycles. The molecule has 5 nitrogen and oxygen atoms in total. The maximum absolute atomic E-state index is 12.0. The zero-order chi connectivity index (χ0) is 18.8. The van der Waals surface area contributed by atoms with Crippen LogP contribution in [0.25, 0.3) is 0 Å². The van der Waals surface area contributed by atoms with Crippen molar-refractivity contribution in [3.63, 3.8) is 0 Å². The first-order valence-corrected chi connectivity index (χ1v) is 9.89. The Morgan fingerprint density at radius 2 is 1.93 bits per heavy atom. The molecule has 1 aliphatic carbocycles. The highest BCUT2D eigenvalue weighted by Crippen LogP contribution is 2.31. The number of amides is 1. The Balaban J connectivity index is 1.41. The van der Waals surface area contributed by atoms with Crippen molar-refractivity contribution < 1.29 is 9.53 Å². The molecule has 142 valence electrons. The third kappa shape index (κ3) is 4.14. The summed E-state index contributed by atoms with van der Waals surface area (Å²) in [6.07, 6.45) is 6.47. The van der Waals surface area contributed by atoms with Crippen molar-refractivity contribution in [2.45, 2.75) is 51.6 Å². The van der Waals surface area contributed by atoms with Crippen LogP contribution in [0.5, 0.6) is 11.6 Å². The Kier molecular flexibility index (Phi) is 5.12. The minimum absolute atomic E-state index is 0.101. The first-order valence-electron chi connectivity index (χ1n) is 9.89. The number of hydrogen-bond donors (Lipinski definition) is 1. The van der Waals surface area contributed by atoms with Gasteiger partial charge in [0.1, 0.15) is 5.75 Å². The average molecular weight is 365 g/mol. The molecule has 1 N–H and O–H groups in total. The third-order valence-electron chi connectivity index (χ3n) is 5.39. The average Bonchev–Trinajstić information content (AvgIpc) is 3.31. The summed E-state index contributed by atoms with van der Waals surface area (Å²) in [5.41, 5.74) is 3.36. The molecule has 4 rings (SSSR count). The van der Waals surface area contributed by atoms with E-state index < -0.39 is 0 Å². The lowest BCUT2D eigenvalue weighted by Crippen LogP contribution is -2.33. The molecule has 0 bridgehead atoms. The van der Waals surface area contributed by atoms with Gasteiger partial charge in [0.2, 0.25) is 5.88 Å². The second-order valence-corrected chi connectivity index (χ2v) is 7.85. The van der Waals surface area contributed by atoms with Crippen LogP contribution in [-0.4, -0.2) is 41.0 Å². The van der Waals surface area contributed by atoms with Gasteiger partial charge in [-0.25, -0.2) is 4.98 Å². The van der Waals surface area contributed by atoms with Gasteiger partial charge in [0.15, 0.2) is 0 Å². The number of carbonyl (C=O) groups is 1. The number of ether oxygens (including phenoxy) is 1. The van der Waals surface area contributed by atoms with Gasteiger partial charge in [-0.3, -0.25) is 9.69 Å². The van der Waals surface area contributed by atoms with Crippen LogP contribution in [0.2, 0.25) is 0 Å². The Morgan fingerprint density at radius 3 is 2.63 bits per heavy atom. The van der Waals surface area contributed by atoms with Crippen LogP contribution in [0.15, 0.2) is 36.5 Å². The van der Waals surface area contributed by atoms with E-state index in [1.807, 2.05) is 19.9 Å². The van der Waals surface area contributed by atoms with Gasteiger partial charge in [-0.05, 0) is 81.9 Å². The number of fused-ring (bicyclic) bond motifs is 1.